The van der Waals surface area contributed by atoms with Gasteiger partial charge < -0.3 is 15.3 Å². The SMILES string of the molecule is O=C(NC1CC2CCN(C2)C1)c1ccc(Sc2cccc(O)c2)cc1. The lowest BCUT2D eigenvalue weighted by Gasteiger charge is -2.30. The minimum absolute atomic E-state index is 0.0152. The number of hydrogen-bond donors (Lipinski definition) is 2. The van der Waals surface area contributed by atoms with Gasteiger partial charge in [0.1, 0.15) is 5.75 Å². The fourth-order valence-electron chi connectivity index (χ4n) is 3.79. The highest BCUT2D eigenvalue weighted by atomic mass is 32.2. The van der Waals surface area contributed by atoms with E-state index in [0.29, 0.717) is 5.56 Å². The van der Waals surface area contributed by atoms with Crippen molar-refractivity contribution in [3.8, 4) is 5.75 Å². The third-order valence-electron chi connectivity index (χ3n) is 4.97. The summed E-state index contributed by atoms with van der Waals surface area (Å²) in [7, 11) is 0. The number of aromatic hydroxyl groups is 1. The Bertz CT molecular complexity index is 751. The lowest BCUT2D eigenvalue weighted by atomic mass is 9.96. The van der Waals surface area contributed by atoms with Crippen molar-refractivity contribution in [1.29, 1.82) is 0 Å². The van der Waals surface area contributed by atoms with Gasteiger partial charge in [-0.15, -0.1) is 0 Å². The fourth-order valence-corrected chi connectivity index (χ4v) is 4.66. The molecule has 3 unspecified atom stereocenters. The van der Waals surface area contributed by atoms with E-state index in [0.717, 1.165) is 28.7 Å². The minimum Gasteiger partial charge on any atom is -0.508 e. The normalized spacial score (nSPS) is 24.9. The van der Waals surface area contributed by atoms with Gasteiger partial charge >= 0.3 is 0 Å². The summed E-state index contributed by atoms with van der Waals surface area (Å²) in [5.74, 6) is 1.03. The molecule has 0 aromatic heterocycles. The summed E-state index contributed by atoms with van der Waals surface area (Å²) in [6.45, 7) is 3.36. The molecule has 130 valence electrons. The van der Waals surface area contributed by atoms with Crippen molar-refractivity contribution in [2.45, 2.75) is 28.7 Å². The molecule has 0 spiro atoms. The number of carbonyl (C=O) groups is 1. The zero-order valence-electron chi connectivity index (χ0n) is 14.0. The summed E-state index contributed by atoms with van der Waals surface area (Å²) in [5, 5.41) is 12.7. The average molecular weight is 354 g/mol. The maximum absolute atomic E-state index is 12.5. The van der Waals surface area contributed by atoms with Crippen LogP contribution in [0.2, 0.25) is 0 Å². The number of hydrogen-bond acceptors (Lipinski definition) is 4. The van der Waals surface area contributed by atoms with E-state index in [4.69, 9.17) is 0 Å². The van der Waals surface area contributed by atoms with Crippen LogP contribution < -0.4 is 5.32 Å². The first-order chi connectivity index (χ1) is 12.2. The number of rotatable bonds is 4. The number of nitrogens with one attached hydrogen (secondary N) is 1. The second-order valence-electron chi connectivity index (χ2n) is 6.94. The summed E-state index contributed by atoms with van der Waals surface area (Å²) >= 11 is 1.57. The Balaban J connectivity index is 1.37. The third-order valence-corrected chi connectivity index (χ3v) is 5.97. The summed E-state index contributed by atoms with van der Waals surface area (Å²) in [4.78, 5) is 17.0. The highest BCUT2D eigenvalue weighted by Gasteiger charge is 2.32. The second-order valence-corrected chi connectivity index (χ2v) is 8.09. The molecule has 2 N–H and O–H groups in total. The zero-order valence-corrected chi connectivity index (χ0v) is 14.8. The zero-order chi connectivity index (χ0) is 17.2. The number of carbonyl (C=O) groups excluding carboxylic acids is 1. The van der Waals surface area contributed by atoms with Gasteiger partial charge in [-0.1, -0.05) is 17.8 Å². The summed E-state index contributed by atoms with van der Waals surface area (Å²) < 4.78 is 0. The van der Waals surface area contributed by atoms with Gasteiger partial charge in [0, 0.05) is 34.5 Å². The van der Waals surface area contributed by atoms with Crippen molar-refractivity contribution in [2.75, 3.05) is 19.6 Å². The van der Waals surface area contributed by atoms with Crippen molar-refractivity contribution >= 4 is 17.7 Å². The number of phenolic OH excluding ortho intramolecular Hbond substituents is 1. The average Bonchev–Trinajstić information content (AvgIpc) is 2.94. The first-order valence-corrected chi connectivity index (χ1v) is 9.57. The first-order valence-electron chi connectivity index (χ1n) is 8.76. The van der Waals surface area contributed by atoms with Gasteiger partial charge in [-0.25, -0.2) is 0 Å². The molecule has 25 heavy (non-hydrogen) atoms. The molecule has 0 aliphatic carbocycles. The quantitative estimate of drug-likeness (QED) is 0.884. The van der Waals surface area contributed by atoms with Crippen LogP contribution in [0.5, 0.6) is 5.75 Å². The van der Waals surface area contributed by atoms with E-state index in [1.54, 1.807) is 23.9 Å². The van der Waals surface area contributed by atoms with E-state index in [2.05, 4.69) is 10.2 Å². The monoisotopic (exact) mass is 354 g/mol. The number of fused-ring (bicyclic) bond motifs is 2. The van der Waals surface area contributed by atoms with Gasteiger partial charge in [-0.3, -0.25) is 4.79 Å². The van der Waals surface area contributed by atoms with Crippen molar-refractivity contribution in [3.63, 3.8) is 0 Å². The predicted molar refractivity (Wildman–Crippen MR) is 99.1 cm³/mol. The van der Waals surface area contributed by atoms with Crippen LogP contribution in [0.3, 0.4) is 0 Å². The smallest absolute Gasteiger partial charge is 0.251 e. The Hall–Kier alpha value is -1.98. The van der Waals surface area contributed by atoms with Crippen LogP contribution in [0.25, 0.3) is 0 Å². The van der Waals surface area contributed by atoms with Crippen LogP contribution in [0, 0.1) is 5.92 Å². The molecule has 2 aliphatic rings. The molecule has 4 rings (SSSR count). The van der Waals surface area contributed by atoms with Crippen LogP contribution in [0.1, 0.15) is 23.2 Å². The Morgan fingerprint density at radius 3 is 2.72 bits per heavy atom. The summed E-state index contributed by atoms with van der Waals surface area (Å²) in [6.07, 6.45) is 2.38. The maximum atomic E-state index is 12.5. The molecule has 0 radical (unpaired) electrons. The Morgan fingerprint density at radius 2 is 1.96 bits per heavy atom. The molecular formula is C20H22N2O2S. The number of nitrogens with zero attached hydrogens (tertiary/aromatic N) is 1. The molecule has 5 heteroatoms. The molecule has 0 saturated carbocycles. The second kappa shape index (κ2) is 7.10. The first kappa shape index (κ1) is 16.5. The molecule has 3 atom stereocenters. The molecule has 2 fully saturated rings. The molecule has 4 nitrogen and oxygen atoms in total. The molecular weight excluding hydrogens is 332 g/mol. The van der Waals surface area contributed by atoms with E-state index in [1.165, 1.54) is 19.5 Å². The number of amides is 1. The van der Waals surface area contributed by atoms with Crippen LogP contribution >= 0.6 is 11.8 Å². The third kappa shape index (κ3) is 3.99. The largest absolute Gasteiger partial charge is 0.508 e. The van der Waals surface area contributed by atoms with E-state index < -0.39 is 0 Å². The lowest BCUT2D eigenvalue weighted by Crippen LogP contribution is -2.47. The number of piperidine rings is 1. The maximum Gasteiger partial charge on any atom is 0.251 e. The number of benzene rings is 2. The van der Waals surface area contributed by atoms with Crippen LogP contribution in [-0.2, 0) is 0 Å². The fraction of sp³-hybridized carbons (Fsp3) is 0.350. The minimum atomic E-state index is 0.0152. The summed E-state index contributed by atoms with van der Waals surface area (Å²) in [5.41, 5.74) is 0.702. The topological polar surface area (TPSA) is 52.6 Å². The number of phenols is 1. The van der Waals surface area contributed by atoms with E-state index in [9.17, 15) is 9.90 Å². The van der Waals surface area contributed by atoms with Gasteiger partial charge in [-0.05, 0) is 67.8 Å². The predicted octanol–water partition coefficient (Wildman–Crippen LogP) is 3.37. The van der Waals surface area contributed by atoms with Crippen LogP contribution in [0.15, 0.2) is 58.3 Å². The van der Waals surface area contributed by atoms with Crippen molar-refractivity contribution in [2.24, 2.45) is 5.92 Å². The van der Waals surface area contributed by atoms with E-state index >= 15 is 0 Å². The molecule has 2 bridgehead atoms. The van der Waals surface area contributed by atoms with Gasteiger partial charge in [0.15, 0.2) is 0 Å². The van der Waals surface area contributed by atoms with Gasteiger partial charge in [-0.2, -0.15) is 0 Å². The summed E-state index contributed by atoms with van der Waals surface area (Å²) in [6, 6.07) is 15.1. The van der Waals surface area contributed by atoms with E-state index in [1.807, 2.05) is 36.4 Å². The molecule has 2 aromatic carbocycles. The molecule has 2 saturated heterocycles. The van der Waals surface area contributed by atoms with Crippen LogP contribution in [0.4, 0.5) is 0 Å². The van der Waals surface area contributed by atoms with Crippen LogP contribution in [-0.4, -0.2) is 41.6 Å². The molecule has 2 heterocycles. The van der Waals surface area contributed by atoms with Crippen molar-refractivity contribution in [3.05, 3.63) is 54.1 Å². The molecule has 2 aromatic rings. The van der Waals surface area contributed by atoms with Gasteiger partial charge in [0.2, 0.25) is 0 Å². The Kier molecular flexibility index (Phi) is 4.68. The molecule has 2 aliphatic heterocycles. The van der Waals surface area contributed by atoms with E-state index in [-0.39, 0.29) is 17.7 Å². The van der Waals surface area contributed by atoms with Gasteiger partial charge in [0.25, 0.3) is 5.91 Å². The Morgan fingerprint density at radius 1 is 1.12 bits per heavy atom. The molecule has 1 amide bonds. The van der Waals surface area contributed by atoms with Crippen molar-refractivity contribution < 1.29 is 9.90 Å². The highest BCUT2D eigenvalue weighted by Crippen LogP contribution is 2.30. The van der Waals surface area contributed by atoms with Gasteiger partial charge in [0.05, 0.1) is 0 Å². The van der Waals surface area contributed by atoms with Crippen molar-refractivity contribution in [1.82, 2.24) is 10.2 Å². The highest BCUT2D eigenvalue weighted by molar-refractivity contribution is 7.99. The Labute approximate surface area is 152 Å². The lowest BCUT2D eigenvalue weighted by molar-refractivity contribution is 0.0909. The standard InChI is InChI=1S/C20H22N2O2S/c23-17-2-1-3-19(11-17)25-18-6-4-15(5-7-18)20(24)21-16-10-14-8-9-22(12-14)13-16/h1-7,11,14,16,23H,8-10,12-13H2,(H,21,24).